The number of benzene rings is 1. The van der Waals surface area contributed by atoms with E-state index < -0.39 is 11.9 Å². The van der Waals surface area contributed by atoms with Gasteiger partial charge in [-0.05, 0) is 54.7 Å². The Morgan fingerprint density at radius 3 is 2.55 bits per heavy atom. The van der Waals surface area contributed by atoms with Gasteiger partial charge in [0, 0.05) is 79.1 Å². The number of hydrogen-bond donors (Lipinski definition) is 2. The lowest BCUT2D eigenvalue weighted by Gasteiger charge is -2.46. The van der Waals surface area contributed by atoms with Gasteiger partial charge in [-0.3, -0.25) is 29.0 Å². The second kappa shape index (κ2) is 14.0. The molecule has 2 saturated heterocycles. The topological polar surface area (TPSA) is 142 Å². The number of thiophene rings is 1. The van der Waals surface area contributed by atoms with Crippen LogP contribution in [0.2, 0.25) is 0 Å². The van der Waals surface area contributed by atoms with Gasteiger partial charge in [-0.15, -0.1) is 11.3 Å². The van der Waals surface area contributed by atoms with Gasteiger partial charge in [0.05, 0.1) is 29.8 Å². The van der Waals surface area contributed by atoms with Gasteiger partial charge >= 0.3 is 0 Å². The van der Waals surface area contributed by atoms with E-state index in [1.54, 1.807) is 65.8 Å². The average Bonchev–Trinajstić information content (AvgIpc) is 3.55. The van der Waals surface area contributed by atoms with E-state index in [4.69, 9.17) is 9.72 Å². The summed E-state index contributed by atoms with van der Waals surface area (Å²) >= 11 is 1.55. The molecule has 6 heterocycles. The highest BCUT2D eigenvalue weighted by Gasteiger charge is 2.41. The first-order valence-electron chi connectivity index (χ1n) is 17.7. The molecule has 2 fully saturated rings. The monoisotopic (exact) mass is 736 g/mol. The van der Waals surface area contributed by atoms with Crippen LogP contribution in [0.15, 0.2) is 60.2 Å². The molecule has 13 nitrogen and oxygen atoms in total. The molecule has 3 aromatic heterocycles. The Bertz CT molecular complexity index is 2200. The van der Waals surface area contributed by atoms with Gasteiger partial charge in [0.25, 0.3) is 11.5 Å². The minimum absolute atomic E-state index is 0.0526. The Hall–Kier alpha value is -5.18. The quantitative estimate of drug-likeness (QED) is 0.244. The number of likely N-dealkylation sites (N-methyl/N-ethyl adjacent to an activating group) is 1. The molecule has 14 heteroatoms. The predicted octanol–water partition coefficient (Wildman–Crippen LogP) is 4.79. The predicted molar refractivity (Wildman–Crippen MR) is 206 cm³/mol. The molecule has 0 spiro atoms. The lowest BCUT2D eigenvalue weighted by Crippen LogP contribution is -2.59. The van der Waals surface area contributed by atoms with E-state index in [0.717, 1.165) is 28.0 Å². The van der Waals surface area contributed by atoms with Crippen molar-refractivity contribution in [1.82, 2.24) is 24.3 Å². The molecule has 0 saturated carbocycles. The second-order valence-corrected chi connectivity index (χ2v) is 15.9. The van der Waals surface area contributed by atoms with Crippen molar-refractivity contribution in [2.75, 3.05) is 55.4 Å². The number of nitrogens with zero attached hydrogens (tertiary/aromatic N) is 6. The van der Waals surface area contributed by atoms with Crippen LogP contribution in [0.1, 0.15) is 58.1 Å². The minimum Gasteiger partial charge on any atom is -0.378 e. The van der Waals surface area contributed by atoms with Gasteiger partial charge in [0.2, 0.25) is 11.8 Å². The van der Waals surface area contributed by atoms with Crippen LogP contribution >= 0.6 is 11.3 Å². The van der Waals surface area contributed by atoms with Crippen LogP contribution in [0.3, 0.4) is 0 Å². The maximum atomic E-state index is 13.8. The molecule has 2 N–H and O–H groups in total. The van der Waals surface area contributed by atoms with Crippen molar-refractivity contribution in [3.8, 4) is 11.3 Å². The van der Waals surface area contributed by atoms with Crippen molar-refractivity contribution in [3.63, 3.8) is 0 Å². The van der Waals surface area contributed by atoms with Gasteiger partial charge in [0.15, 0.2) is 5.82 Å². The number of carbonyl (C=O) groups is 3. The molecular formula is C39H44N8O5S. The standard InChI is InChI=1S/C39H44N8O5S/c1-8-31(48)42-28-18-24(9-10-27(28)32-36(49)44(6)15-16-46(32)25-20-52-21-25)41-34-38(51)45(7)19-29(43-34)26-11-13-40-35(22(26)2)47-14-12-23-17-30(39(3,4)5)53-33(23)37(47)50/h8-11,13,17-19,25,32H,1,12,14-16,20-21H2,2-7H3,(H,41,43)(H,42,48). The normalized spacial score (nSPS) is 18.1. The molecule has 7 rings (SSSR count). The minimum atomic E-state index is -0.631. The number of aromatic nitrogens is 3. The molecule has 3 aliphatic heterocycles. The zero-order valence-corrected chi connectivity index (χ0v) is 31.7. The number of ether oxygens (including phenoxy) is 1. The summed E-state index contributed by atoms with van der Waals surface area (Å²) in [6.07, 6.45) is 5.22. The largest absolute Gasteiger partial charge is 0.378 e. The van der Waals surface area contributed by atoms with E-state index in [1.165, 1.54) is 15.5 Å². The summed E-state index contributed by atoms with van der Waals surface area (Å²) in [6.45, 7) is 14.8. The summed E-state index contributed by atoms with van der Waals surface area (Å²) in [5.74, 6) is 0.0346. The number of piperazine rings is 1. The van der Waals surface area contributed by atoms with Crippen LogP contribution in [-0.4, -0.2) is 88.0 Å². The third-order valence-corrected chi connectivity index (χ3v) is 11.7. The Balaban J connectivity index is 1.21. The number of aryl methyl sites for hydroxylation is 1. The number of fused-ring (bicyclic) bond motifs is 1. The molecule has 1 aromatic carbocycles. The Morgan fingerprint density at radius 1 is 1.08 bits per heavy atom. The van der Waals surface area contributed by atoms with E-state index in [0.29, 0.717) is 61.3 Å². The zero-order valence-electron chi connectivity index (χ0n) is 30.9. The molecule has 1 unspecified atom stereocenters. The van der Waals surface area contributed by atoms with Crippen molar-refractivity contribution in [3.05, 3.63) is 92.2 Å². The molecule has 0 radical (unpaired) electrons. The fourth-order valence-electron chi connectivity index (χ4n) is 6.99. The number of nitrogens with one attached hydrogen (secondary N) is 2. The molecule has 4 aromatic rings. The van der Waals surface area contributed by atoms with Gasteiger partial charge in [-0.25, -0.2) is 9.97 Å². The van der Waals surface area contributed by atoms with Crippen molar-refractivity contribution in [2.24, 2.45) is 7.05 Å². The number of amides is 3. The molecule has 53 heavy (non-hydrogen) atoms. The smallest absolute Gasteiger partial charge is 0.293 e. The molecule has 276 valence electrons. The first-order chi connectivity index (χ1) is 25.2. The lowest BCUT2D eigenvalue weighted by molar-refractivity contribution is -0.151. The van der Waals surface area contributed by atoms with Crippen LogP contribution < -0.4 is 21.1 Å². The van der Waals surface area contributed by atoms with Gasteiger partial charge in [0.1, 0.15) is 11.9 Å². The van der Waals surface area contributed by atoms with Gasteiger partial charge < -0.3 is 24.8 Å². The number of carbonyl (C=O) groups excluding carboxylic acids is 3. The number of hydrogen-bond acceptors (Lipinski definition) is 10. The first kappa shape index (κ1) is 36.2. The van der Waals surface area contributed by atoms with E-state index in [9.17, 15) is 19.2 Å². The van der Waals surface area contributed by atoms with E-state index >= 15 is 0 Å². The van der Waals surface area contributed by atoms with Crippen LogP contribution in [-0.2, 0) is 33.2 Å². The van der Waals surface area contributed by atoms with E-state index in [1.807, 2.05) is 13.0 Å². The average molecular weight is 737 g/mol. The fraction of sp³-hybridized carbons (Fsp3) is 0.385. The molecule has 0 aliphatic carbocycles. The molecule has 1 atom stereocenters. The third-order valence-electron chi connectivity index (χ3n) is 10.2. The Morgan fingerprint density at radius 2 is 1.85 bits per heavy atom. The highest BCUT2D eigenvalue weighted by atomic mass is 32.1. The van der Waals surface area contributed by atoms with E-state index in [-0.39, 0.29) is 34.6 Å². The number of anilines is 4. The Labute approximate surface area is 312 Å². The van der Waals surface area contributed by atoms with Crippen molar-refractivity contribution in [2.45, 2.75) is 51.6 Å². The van der Waals surface area contributed by atoms with Gasteiger partial charge in [-0.1, -0.05) is 33.4 Å². The SMILES string of the molecule is C=CC(=O)Nc1cc(Nc2nc(-c3ccnc(N4CCc5cc(C(C)(C)C)sc5C4=O)c3C)cn(C)c2=O)ccc1C1C(=O)N(C)CCN1C1COC1. The van der Waals surface area contributed by atoms with Crippen molar-refractivity contribution in [1.29, 1.82) is 0 Å². The second-order valence-electron chi connectivity index (χ2n) is 14.8. The highest BCUT2D eigenvalue weighted by molar-refractivity contribution is 7.14. The Kier molecular flexibility index (Phi) is 9.55. The maximum Gasteiger partial charge on any atom is 0.293 e. The molecule has 3 amide bonds. The van der Waals surface area contributed by atoms with Gasteiger partial charge in [-0.2, -0.15) is 0 Å². The maximum absolute atomic E-state index is 13.8. The summed E-state index contributed by atoms with van der Waals surface area (Å²) in [6, 6.07) is 8.71. The summed E-state index contributed by atoms with van der Waals surface area (Å²) in [4.78, 5) is 70.4. The van der Waals surface area contributed by atoms with Crippen molar-refractivity contribution >= 4 is 52.1 Å². The fourth-order valence-corrected chi connectivity index (χ4v) is 8.21. The molecular weight excluding hydrogens is 693 g/mol. The van der Waals surface area contributed by atoms with Crippen LogP contribution in [0.25, 0.3) is 11.3 Å². The van der Waals surface area contributed by atoms with Crippen molar-refractivity contribution < 1.29 is 19.1 Å². The lowest BCUT2D eigenvalue weighted by atomic mass is 9.93. The summed E-state index contributed by atoms with van der Waals surface area (Å²) < 4.78 is 6.90. The van der Waals surface area contributed by atoms with Crippen LogP contribution in [0.5, 0.6) is 0 Å². The summed E-state index contributed by atoms with van der Waals surface area (Å²) in [5, 5.41) is 6.04. The highest BCUT2D eigenvalue weighted by Crippen LogP contribution is 2.39. The van der Waals surface area contributed by atoms with Crippen LogP contribution in [0.4, 0.5) is 23.0 Å². The van der Waals surface area contributed by atoms with E-state index in [2.05, 4.69) is 53.9 Å². The number of pyridine rings is 1. The third kappa shape index (κ3) is 6.78. The molecule has 3 aliphatic rings. The first-order valence-corrected chi connectivity index (χ1v) is 18.5. The number of rotatable bonds is 8. The molecule has 0 bridgehead atoms. The summed E-state index contributed by atoms with van der Waals surface area (Å²) in [7, 11) is 3.42. The van der Waals surface area contributed by atoms with Crippen LogP contribution in [0, 0.1) is 6.92 Å². The zero-order chi connectivity index (χ0) is 37.8. The summed E-state index contributed by atoms with van der Waals surface area (Å²) in [5.41, 5.74) is 4.18.